The number of H-pyrrole nitrogens is 1. The Morgan fingerprint density at radius 3 is 2.93 bits per heavy atom. The predicted octanol–water partition coefficient (Wildman–Crippen LogP) is 0.210. The Balaban J connectivity index is 2.32. The third-order valence-electron chi connectivity index (χ3n) is 1.63. The summed E-state index contributed by atoms with van der Waals surface area (Å²) in [6.45, 7) is 0. The number of aromatic amines is 1. The van der Waals surface area contributed by atoms with Gasteiger partial charge in [0.2, 0.25) is 11.1 Å². The number of nitrogens with one attached hydrogen (secondary N) is 1. The van der Waals surface area contributed by atoms with Gasteiger partial charge in [-0.15, -0.1) is 5.10 Å². The Hall–Kier alpha value is -1.53. The van der Waals surface area contributed by atoms with Crippen LogP contribution in [0, 0.1) is 5.21 Å². The summed E-state index contributed by atoms with van der Waals surface area (Å²) in [5.41, 5.74) is 0. The zero-order valence-electron chi connectivity index (χ0n) is 7.08. The highest BCUT2D eigenvalue weighted by Crippen LogP contribution is 2.15. The third-order valence-corrected chi connectivity index (χ3v) is 2.90. The summed E-state index contributed by atoms with van der Waals surface area (Å²) in [4.78, 5) is 0.439. The van der Waals surface area contributed by atoms with Crippen molar-refractivity contribution < 1.29 is 9.28 Å². The zero-order valence-corrected chi connectivity index (χ0v) is 7.90. The lowest BCUT2D eigenvalue weighted by Gasteiger charge is -2.04. The maximum absolute atomic E-state index is 11.7. The minimum absolute atomic E-state index is 0.413. The highest BCUT2D eigenvalue weighted by molar-refractivity contribution is 7.91. The van der Waals surface area contributed by atoms with E-state index in [1.54, 1.807) is 24.4 Å². The van der Waals surface area contributed by atoms with Crippen LogP contribution in [-0.4, -0.2) is 14.8 Å². The zero-order chi connectivity index (χ0) is 9.97. The first-order valence-electron chi connectivity index (χ1n) is 3.88. The summed E-state index contributed by atoms with van der Waals surface area (Å²) < 4.78 is 12.3. The molecule has 0 saturated heterocycles. The lowest BCUT2D eigenvalue weighted by Crippen LogP contribution is -2.25. The topological polar surface area (TPSA) is 78.7 Å². The van der Waals surface area contributed by atoms with Crippen molar-refractivity contribution in [1.82, 2.24) is 10.2 Å². The third kappa shape index (κ3) is 1.70. The fourth-order valence-corrected chi connectivity index (χ4v) is 1.99. The van der Waals surface area contributed by atoms with Crippen LogP contribution in [0.15, 0.2) is 46.7 Å². The average molecular weight is 209 g/mol. The second-order valence-electron chi connectivity index (χ2n) is 2.58. The van der Waals surface area contributed by atoms with Gasteiger partial charge in [-0.25, -0.2) is 0 Å². The molecular weight excluding hydrogens is 202 g/mol. The first-order chi connectivity index (χ1) is 6.77. The first-order valence-corrected chi connectivity index (χ1v) is 5.03. The smallest absolute Gasteiger partial charge is 0.268 e. The van der Waals surface area contributed by atoms with E-state index in [2.05, 4.69) is 10.2 Å². The molecule has 0 spiro atoms. The van der Waals surface area contributed by atoms with Crippen molar-refractivity contribution in [2.75, 3.05) is 0 Å². The van der Waals surface area contributed by atoms with Gasteiger partial charge in [0.1, 0.15) is 0 Å². The van der Waals surface area contributed by atoms with E-state index in [0.717, 1.165) is 0 Å². The molecule has 0 aliphatic rings. The molecule has 6 heteroatoms. The molecule has 0 bridgehead atoms. The molecule has 0 aliphatic carbocycles. The molecule has 2 rings (SSSR count). The van der Waals surface area contributed by atoms with Crippen LogP contribution >= 0.6 is 0 Å². The van der Waals surface area contributed by atoms with E-state index in [1.807, 2.05) is 0 Å². The fraction of sp³-hybridized carbons (Fsp3) is 0. The first kappa shape index (κ1) is 9.04. The van der Waals surface area contributed by atoms with Crippen molar-refractivity contribution in [3.8, 4) is 0 Å². The van der Waals surface area contributed by atoms with Crippen LogP contribution in [0.3, 0.4) is 0 Å². The number of rotatable bonds is 2. The van der Waals surface area contributed by atoms with Crippen molar-refractivity contribution in [3.05, 3.63) is 42.0 Å². The highest BCUT2D eigenvalue weighted by Gasteiger charge is 2.19. The van der Waals surface area contributed by atoms with E-state index in [4.69, 9.17) is 0 Å². The van der Waals surface area contributed by atoms with E-state index in [0.29, 0.717) is 14.7 Å². The molecule has 0 aromatic carbocycles. The molecule has 1 N–H and O–H groups in total. The normalized spacial score (nSPS) is 12.6. The quantitative estimate of drug-likeness (QED) is 0.436. The molecule has 0 radical (unpaired) electrons. The monoisotopic (exact) mass is 209 g/mol. The maximum Gasteiger partial charge on any atom is 0.268 e. The van der Waals surface area contributed by atoms with Gasteiger partial charge in [0, 0.05) is 24.4 Å². The molecular formula is C8H7N3O2S. The molecule has 5 nitrogen and oxygen atoms in total. The summed E-state index contributed by atoms with van der Waals surface area (Å²) >= 11 is -1.39. The predicted molar refractivity (Wildman–Crippen MR) is 48.7 cm³/mol. The molecule has 2 aromatic heterocycles. The Morgan fingerprint density at radius 1 is 1.43 bits per heavy atom. The van der Waals surface area contributed by atoms with Crippen molar-refractivity contribution >= 4 is 11.2 Å². The average Bonchev–Trinajstić information content (AvgIpc) is 2.69. The van der Waals surface area contributed by atoms with Crippen molar-refractivity contribution in [1.29, 1.82) is 0 Å². The highest BCUT2D eigenvalue weighted by atomic mass is 32.2. The second kappa shape index (κ2) is 3.69. The van der Waals surface area contributed by atoms with Crippen LogP contribution < -0.4 is 4.73 Å². The van der Waals surface area contributed by atoms with Gasteiger partial charge >= 0.3 is 0 Å². The van der Waals surface area contributed by atoms with Gasteiger partial charge in [0.25, 0.3) is 5.03 Å². The minimum Gasteiger partial charge on any atom is -0.619 e. The summed E-state index contributed by atoms with van der Waals surface area (Å²) in [6.07, 6.45) is 4.19. The van der Waals surface area contributed by atoms with Crippen molar-refractivity contribution in [2.45, 2.75) is 9.92 Å². The minimum atomic E-state index is -1.39. The number of aromatic nitrogens is 3. The fourth-order valence-electron chi connectivity index (χ4n) is 1.01. The molecule has 0 fully saturated rings. The van der Waals surface area contributed by atoms with E-state index < -0.39 is 11.2 Å². The van der Waals surface area contributed by atoms with Gasteiger partial charge in [0.05, 0.1) is 11.2 Å². The van der Waals surface area contributed by atoms with Crippen LogP contribution in [0.25, 0.3) is 0 Å². The maximum atomic E-state index is 11.7. The van der Waals surface area contributed by atoms with Crippen LogP contribution in [0.1, 0.15) is 0 Å². The van der Waals surface area contributed by atoms with Crippen molar-refractivity contribution in [2.24, 2.45) is 0 Å². The standard InChI is InChI=1S/C8H7N3O2S/c12-11-5-1-2-7(6-11)14(13)8-3-4-9-10-8/h1-6H,(H,9,10). The second-order valence-corrected chi connectivity index (χ2v) is 4.01. The van der Waals surface area contributed by atoms with E-state index in [-0.39, 0.29) is 0 Å². The van der Waals surface area contributed by atoms with Crippen LogP contribution in [0.2, 0.25) is 0 Å². The van der Waals surface area contributed by atoms with E-state index in [9.17, 15) is 9.76 Å². The Bertz CT molecular complexity index is 418. The number of pyridine rings is 1. The molecule has 0 amide bonds. The Kier molecular flexibility index (Phi) is 2.38. The molecule has 14 heavy (non-hydrogen) atoms. The largest absolute Gasteiger partial charge is 0.619 e. The summed E-state index contributed by atoms with van der Waals surface area (Å²) in [7, 11) is 0. The number of nitrogens with zero attached hydrogens (tertiary/aromatic N) is 2. The van der Waals surface area contributed by atoms with Gasteiger partial charge in [-0.3, -0.25) is 5.10 Å². The molecule has 72 valence electrons. The lowest BCUT2D eigenvalue weighted by atomic mass is 10.5. The van der Waals surface area contributed by atoms with Gasteiger partial charge in [-0.2, -0.15) is 4.73 Å². The molecule has 0 aliphatic heterocycles. The van der Waals surface area contributed by atoms with Gasteiger partial charge in [-0.05, 0) is 0 Å². The summed E-state index contributed by atoms with van der Waals surface area (Å²) in [6, 6.07) is 4.78. The molecule has 0 saturated carbocycles. The van der Waals surface area contributed by atoms with Crippen LogP contribution in [0.5, 0.6) is 0 Å². The van der Waals surface area contributed by atoms with Crippen LogP contribution in [-0.2, 0) is 11.2 Å². The summed E-state index contributed by atoms with van der Waals surface area (Å²) in [5.74, 6) is 0. The van der Waals surface area contributed by atoms with Gasteiger partial charge in [-0.1, -0.05) is 0 Å². The number of hydrogen-bond acceptors (Lipinski definition) is 3. The SMILES string of the molecule is [O-][n+]1cccc([S+]([O-])c2cc[nH]n2)c1. The number of hydrogen-bond donors (Lipinski definition) is 1. The molecule has 1 unspecified atom stereocenters. The van der Waals surface area contributed by atoms with Crippen molar-refractivity contribution in [3.63, 3.8) is 0 Å². The summed E-state index contributed by atoms with van der Waals surface area (Å²) in [5, 5.41) is 17.7. The van der Waals surface area contributed by atoms with E-state index in [1.165, 1.54) is 12.4 Å². The Labute approximate surface area is 83.2 Å². The van der Waals surface area contributed by atoms with E-state index >= 15 is 0 Å². The molecule has 2 aromatic rings. The Morgan fingerprint density at radius 2 is 2.29 bits per heavy atom. The molecule has 2 heterocycles. The molecule has 1 atom stereocenters. The lowest BCUT2D eigenvalue weighted by molar-refractivity contribution is -0.607. The van der Waals surface area contributed by atoms with Gasteiger partial charge < -0.3 is 9.76 Å². The van der Waals surface area contributed by atoms with Crippen LogP contribution in [0.4, 0.5) is 0 Å². The van der Waals surface area contributed by atoms with Gasteiger partial charge in [0.15, 0.2) is 6.20 Å².